The van der Waals surface area contributed by atoms with Crippen molar-refractivity contribution in [3.63, 3.8) is 0 Å². The fourth-order valence-corrected chi connectivity index (χ4v) is 4.63. The van der Waals surface area contributed by atoms with Crippen LogP contribution >= 0.6 is 0 Å². The van der Waals surface area contributed by atoms with Crippen LogP contribution in [0, 0.1) is 0 Å². The number of aromatic nitrogens is 4. The summed E-state index contributed by atoms with van der Waals surface area (Å²) in [7, 11) is 3.38. The molecule has 2 aromatic carbocycles. The third kappa shape index (κ3) is 3.95. The molecular weight excluding hydrogens is 418 g/mol. The molecule has 0 radical (unpaired) electrons. The molecule has 1 aliphatic rings. The molecule has 1 saturated heterocycles. The van der Waals surface area contributed by atoms with Crippen molar-refractivity contribution in [3.05, 3.63) is 48.3 Å². The Bertz CT molecular complexity index is 1340. The summed E-state index contributed by atoms with van der Waals surface area (Å²) in [4.78, 5) is 24.6. The minimum atomic E-state index is -0.245. The van der Waals surface area contributed by atoms with Gasteiger partial charge in [-0.1, -0.05) is 6.07 Å². The van der Waals surface area contributed by atoms with Gasteiger partial charge >= 0.3 is 6.01 Å². The molecular formula is C24H27N7O2. The first kappa shape index (κ1) is 21.1. The van der Waals surface area contributed by atoms with E-state index in [-0.39, 0.29) is 11.9 Å². The Kier molecular flexibility index (Phi) is 5.33. The molecule has 1 fully saturated rings. The van der Waals surface area contributed by atoms with Crippen LogP contribution < -0.4 is 20.3 Å². The van der Waals surface area contributed by atoms with Crippen LogP contribution in [0.2, 0.25) is 0 Å². The summed E-state index contributed by atoms with van der Waals surface area (Å²) in [5, 5.41) is 12.7. The zero-order valence-electron chi connectivity index (χ0n) is 19.2. The van der Waals surface area contributed by atoms with Gasteiger partial charge in [-0.05, 0) is 38.1 Å². The summed E-state index contributed by atoms with van der Waals surface area (Å²) in [5.74, 6) is -0.245. The van der Waals surface area contributed by atoms with Crippen molar-refractivity contribution in [2.45, 2.75) is 25.9 Å². The third-order valence-electron chi connectivity index (χ3n) is 5.94. The lowest BCUT2D eigenvalue weighted by Crippen LogP contribution is -2.54. The second-order valence-electron chi connectivity index (χ2n) is 8.62. The number of hydrogen-bond acceptors (Lipinski definition) is 7. The number of amides is 1. The van der Waals surface area contributed by atoms with Crippen molar-refractivity contribution in [3.8, 4) is 6.01 Å². The molecule has 0 bridgehead atoms. The number of anilines is 2. The van der Waals surface area contributed by atoms with Crippen LogP contribution in [0.3, 0.4) is 0 Å². The summed E-state index contributed by atoms with van der Waals surface area (Å²) in [6.07, 6.45) is 3.64. The summed E-state index contributed by atoms with van der Waals surface area (Å²) < 4.78 is 7.00. The van der Waals surface area contributed by atoms with Gasteiger partial charge in [0.25, 0.3) is 5.91 Å². The molecule has 0 saturated carbocycles. The van der Waals surface area contributed by atoms with E-state index >= 15 is 0 Å². The van der Waals surface area contributed by atoms with Gasteiger partial charge in [-0.2, -0.15) is 10.1 Å². The monoisotopic (exact) mass is 445 g/mol. The minimum absolute atomic E-state index is 0.227. The fraction of sp³-hybridized carbons (Fsp3) is 0.333. The molecule has 9 heteroatoms. The molecule has 5 rings (SSSR count). The van der Waals surface area contributed by atoms with Gasteiger partial charge < -0.3 is 20.3 Å². The number of carbonyl (C=O) groups excluding carboxylic acids is 1. The number of methoxy groups -OCH3 is 1. The average Bonchev–Trinajstić information content (AvgIpc) is 3.18. The van der Waals surface area contributed by atoms with Gasteiger partial charge in [0.2, 0.25) is 0 Å². The Morgan fingerprint density at radius 2 is 1.94 bits per heavy atom. The average molecular weight is 446 g/mol. The lowest BCUT2D eigenvalue weighted by Gasteiger charge is -2.38. The smallest absolute Gasteiger partial charge is 0.316 e. The van der Waals surface area contributed by atoms with E-state index in [1.54, 1.807) is 10.9 Å². The van der Waals surface area contributed by atoms with Crippen molar-refractivity contribution in [1.82, 2.24) is 25.1 Å². The first-order chi connectivity index (χ1) is 15.9. The molecule has 33 heavy (non-hydrogen) atoms. The predicted octanol–water partition coefficient (Wildman–Crippen LogP) is 2.96. The maximum absolute atomic E-state index is 13.4. The lowest BCUT2D eigenvalue weighted by atomic mass is 10.0. The van der Waals surface area contributed by atoms with E-state index in [9.17, 15) is 4.79 Å². The number of nitrogens with zero attached hydrogens (tertiary/aromatic N) is 5. The molecule has 1 aliphatic heterocycles. The van der Waals surface area contributed by atoms with E-state index in [0.29, 0.717) is 28.9 Å². The summed E-state index contributed by atoms with van der Waals surface area (Å²) in [5.41, 5.74) is 3.56. The largest absolute Gasteiger partial charge is 0.467 e. The van der Waals surface area contributed by atoms with Crippen molar-refractivity contribution in [1.29, 1.82) is 0 Å². The Morgan fingerprint density at radius 1 is 1.15 bits per heavy atom. The van der Waals surface area contributed by atoms with Gasteiger partial charge in [0.15, 0.2) is 0 Å². The highest BCUT2D eigenvalue weighted by atomic mass is 16.5. The Morgan fingerprint density at radius 3 is 2.70 bits per heavy atom. The van der Waals surface area contributed by atoms with E-state index in [4.69, 9.17) is 4.74 Å². The SMILES string of the molecule is COc1ncc2c(N3C[C@@H](C)N[C@H](C)C3)ccc(C(=O)Nc3cccc4nn(C)cc34)c2n1. The number of piperazine rings is 1. The standard InChI is InChI=1S/C24H27N7O2/c1-14-11-31(12-15(2)26-14)21-9-8-16(22-17(21)10-25-24(28-22)33-4)23(32)27-19-6-5-7-20-18(19)13-30(3)29-20/h5-10,13-15,26H,11-12H2,1-4H3,(H,27,32)/t14-,15-/m1/s1. The number of nitrogens with one attached hydrogen (secondary N) is 2. The molecule has 2 N–H and O–H groups in total. The number of carbonyl (C=O) groups is 1. The molecule has 4 aromatic rings. The number of benzene rings is 2. The first-order valence-corrected chi connectivity index (χ1v) is 11.0. The zero-order chi connectivity index (χ0) is 23.1. The van der Waals surface area contributed by atoms with E-state index in [0.717, 1.165) is 35.1 Å². The van der Waals surface area contributed by atoms with Gasteiger partial charge in [-0.25, -0.2) is 4.98 Å². The van der Waals surface area contributed by atoms with E-state index in [1.807, 2.05) is 43.6 Å². The normalized spacial score (nSPS) is 18.6. The second-order valence-corrected chi connectivity index (χ2v) is 8.62. The van der Waals surface area contributed by atoms with Crippen molar-refractivity contribution in [2.75, 3.05) is 30.4 Å². The van der Waals surface area contributed by atoms with E-state index in [2.05, 4.69) is 44.4 Å². The Balaban J connectivity index is 1.57. The second kappa shape index (κ2) is 8.32. The molecule has 0 aliphatic carbocycles. The lowest BCUT2D eigenvalue weighted by molar-refractivity contribution is 0.102. The molecule has 0 unspecified atom stereocenters. The van der Waals surface area contributed by atoms with Gasteiger partial charge in [-0.3, -0.25) is 9.48 Å². The maximum Gasteiger partial charge on any atom is 0.316 e. The molecule has 3 heterocycles. The van der Waals surface area contributed by atoms with Gasteiger partial charge in [0.1, 0.15) is 0 Å². The number of hydrogen-bond donors (Lipinski definition) is 2. The fourth-order valence-electron chi connectivity index (χ4n) is 4.63. The maximum atomic E-state index is 13.4. The van der Waals surface area contributed by atoms with Crippen LogP contribution in [0.1, 0.15) is 24.2 Å². The van der Waals surface area contributed by atoms with Crippen molar-refractivity contribution < 1.29 is 9.53 Å². The van der Waals surface area contributed by atoms with Crippen LogP contribution in [0.15, 0.2) is 42.7 Å². The Hall–Kier alpha value is -3.72. The first-order valence-electron chi connectivity index (χ1n) is 11.0. The highest BCUT2D eigenvalue weighted by Gasteiger charge is 2.25. The summed E-state index contributed by atoms with van der Waals surface area (Å²) in [6, 6.07) is 10.4. The summed E-state index contributed by atoms with van der Waals surface area (Å²) >= 11 is 0. The molecule has 2 atom stereocenters. The molecule has 170 valence electrons. The summed E-state index contributed by atoms with van der Waals surface area (Å²) in [6.45, 7) is 6.07. The molecule has 2 aromatic heterocycles. The molecule has 0 spiro atoms. The van der Waals surface area contributed by atoms with Gasteiger partial charge in [0, 0.05) is 61.1 Å². The van der Waals surface area contributed by atoms with Crippen molar-refractivity contribution in [2.24, 2.45) is 7.05 Å². The quantitative estimate of drug-likeness (QED) is 0.498. The van der Waals surface area contributed by atoms with Crippen LogP contribution in [0.5, 0.6) is 6.01 Å². The Labute approximate surface area is 191 Å². The zero-order valence-corrected chi connectivity index (χ0v) is 19.2. The minimum Gasteiger partial charge on any atom is -0.467 e. The van der Waals surface area contributed by atoms with Gasteiger partial charge in [-0.15, -0.1) is 0 Å². The highest BCUT2D eigenvalue weighted by molar-refractivity contribution is 6.15. The number of ether oxygens (including phenoxy) is 1. The molecule has 9 nitrogen and oxygen atoms in total. The van der Waals surface area contributed by atoms with E-state index < -0.39 is 0 Å². The van der Waals surface area contributed by atoms with Crippen LogP contribution in [0.4, 0.5) is 11.4 Å². The number of fused-ring (bicyclic) bond motifs is 2. The van der Waals surface area contributed by atoms with Crippen LogP contribution in [0.25, 0.3) is 21.8 Å². The number of aryl methyl sites for hydroxylation is 1. The van der Waals surface area contributed by atoms with Gasteiger partial charge in [0.05, 0.1) is 29.4 Å². The third-order valence-corrected chi connectivity index (χ3v) is 5.94. The highest BCUT2D eigenvalue weighted by Crippen LogP contribution is 2.31. The number of rotatable bonds is 4. The van der Waals surface area contributed by atoms with Crippen LogP contribution in [-0.2, 0) is 7.05 Å². The predicted molar refractivity (Wildman–Crippen MR) is 129 cm³/mol. The molecule has 1 amide bonds. The topological polar surface area (TPSA) is 97.2 Å². The van der Waals surface area contributed by atoms with Crippen LogP contribution in [-0.4, -0.2) is 57.9 Å². The van der Waals surface area contributed by atoms with E-state index in [1.165, 1.54) is 7.11 Å². The van der Waals surface area contributed by atoms with Crippen molar-refractivity contribution >= 4 is 39.1 Å².